The van der Waals surface area contributed by atoms with Gasteiger partial charge in [-0.15, -0.1) is 0 Å². The predicted molar refractivity (Wildman–Crippen MR) is 84.9 cm³/mol. The standard InChI is InChI=1S/C15H24N4O3/c1-6-22-13-11(8-7-9-16-13)18-14(21)17-10(2)12(20)19-15(3,4)5/h7-10H,6H2,1-5H3,(H,19,20)(H2,17,18,21)/t10-/m1/s1. The molecule has 0 bridgehead atoms. The van der Waals surface area contributed by atoms with Gasteiger partial charge in [-0.2, -0.15) is 0 Å². The zero-order valence-electron chi connectivity index (χ0n) is 13.7. The van der Waals surface area contributed by atoms with E-state index in [9.17, 15) is 9.59 Å². The van der Waals surface area contributed by atoms with Gasteiger partial charge < -0.3 is 20.7 Å². The van der Waals surface area contributed by atoms with E-state index >= 15 is 0 Å². The number of urea groups is 1. The van der Waals surface area contributed by atoms with Crippen LogP contribution in [0.2, 0.25) is 0 Å². The summed E-state index contributed by atoms with van der Waals surface area (Å²) in [5.74, 6) is 0.0887. The second-order valence-corrected chi connectivity index (χ2v) is 5.85. The minimum absolute atomic E-state index is 0.251. The van der Waals surface area contributed by atoms with Crippen molar-refractivity contribution in [1.29, 1.82) is 0 Å². The van der Waals surface area contributed by atoms with E-state index in [1.165, 1.54) is 0 Å². The Kier molecular flexibility index (Phi) is 6.15. The first kappa shape index (κ1) is 17.7. The van der Waals surface area contributed by atoms with Crippen LogP contribution >= 0.6 is 0 Å². The zero-order chi connectivity index (χ0) is 16.8. The summed E-state index contributed by atoms with van der Waals surface area (Å²) in [7, 11) is 0. The van der Waals surface area contributed by atoms with E-state index in [0.717, 1.165) is 0 Å². The number of anilines is 1. The number of nitrogens with one attached hydrogen (secondary N) is 3. The van der Waals surface area contributed by atoms with Crippen molar-refractivity contribution in [3.8, 4) is 5.88 Å². The van der Waals surface area contributed by atoms with Gasteiger partial charge in [-0.05, 0) is 46.8 Å². The number of carbonyl (C=O) groups is 2. The van der Waals surface area contributed by atoms with Crippen LogP contribution in [0.3, 0.4) is 0 Å². The lowest BCUT2D eigenvalue weighted by Gasteiger charge is -2.23. The van der Waals surface area contributed by atoms with Crippen LogP contribution in [-0.4, -0.2) is 35.1 Å². The fraction of sp³-hybridized carbons (Fsp3) is 0.533. The molecule has 0 radical (unpaired) electrons. The molecule has 7 nitrogen and oxygen atoms in total. The molecule has 1 heterocycles. The fourth-order valence-electron chi connectivity index (χ4n) is 1.64. The van der Waals surface area contributed by atoms with E-state index in [1.807, 2.05) is 27.7 Å². The first-order valence-corrected chi connectivity index (χ1v) is 7.20. The fourth-order valence-corrected chi connectivity index (χ4v) is 1.64. The average Bonchev–Trinajstić information content (AvgIpc) is 2.39. The van der Waals surface area contributed by atoms with Gasteiger partial charge in [0.05, 0.1) is 6.61 Å². The summed E-state index contributed by atoms with van der Waals surface area (Å²) in [5, 5.41) is 8.00. The van der Waals surface area contributed by atoms with Gasteiger partial charge in [-0.3, -0.25) is 4.79 Å². The molecule has 0 aromatic carbocycles. The Morgan fingerprint density at radius 2 is 2.05 bits per heavy atom. The van der Waals surface area contributed by atoms with E-state index in [4.69, 9.17) is 4.74 Å². The van der Waals surface area contributed by atoms with E-state index in [-0.39, 0.29) is 11.4 Å². The van der Waals surface area contributed by atoms with Crippen LogP contribution in [0.25, 0.3) is 0 Å². The summed E-state index contributed by atoms with van der Waals surface area (Å²) in [6.07, 6.45) is 1.58. The molecular formula is C15H24N4O3. The monoisotopic (exact) mass is 308 g/mol. The zero-order valence-corrected chi connectivity index (χ0v) is 13.7. The Hall–Kier alpha value is -2.31. The van der Waals surface area contributed by atoms with E-state index in [0.29, 0.717) is 18.2 Å². The number of ether oxygens (including phenoxy) is 1. The van der Waals surface area contributed by atoms with Crippen molar-refractivity contribution in [3.05, 3.63) is 18.3 Å². The van der Waals surface area contributed by atoms with Gasteiger partial charge >= 0.3 is 6.03 Å². The number of hydrogen-bond donors (Lipinski definition) is 3. The molecular weight excluding hydrogens is 284 g/mol. The first-order chi connectivity index (χ1) is 10.2. The van der Waals surface area contributed by atoms with Gasteiger partial charge in [0.25, 0.3) is 0 Å². The van der Waals surface area contributed by atoms with Crippen molar-refractivity contribution in [2.45, 2.75) is 46.2 Å². The van der Waals surface area contributed by atoms with Crippen molar-refractivity contribution in [2.75, 3.05) is 11.9 Å². The van der Waals surface area contributed by atoms with Crippen molar-refractivity contribution >= 4 is 17.6 Å². The Balaban J connectivity index is 2.61. The molecule has 0 unspecified atom stereocenters. The van der Waals surface area contributed by atoms with Crippen LogP contribution in [0, 0.1) is 0 Å². The molecule has 0 aliphatic heterocycles. The molecule has 1 aromatic rings. The third-order valence-corrected chi connectivity index (χ3v) is 2.54. The third-order valence-electron chi connectivity index (χ3n) is 2.54. The predicted octanol–water partition coefficient (Wildman–Crippen LogP) is 1.90. The molecule has 0 saturated heterocycles. The number of aromatic nitrogens is 1. The number of rotatable bonds is 5. The molecule has 122 valence electrons. The molecule has 0 saturated carbocycles. The minimum atomic E-state index is -0.661. The molecule has 1 atom stereocenters. The van der Waals surface area contributed by atoms with Gasteiger partial charge in [0.1, 0.15) is 11.7 Å². The van der Waals surface area contributed by atoms with Crippen LogP contribution in [0.15, 0.2) is 18.3 Å². The molecule has 1 rings (SSSR count). The molecule has 0 aliphatic carbocycles. The minimum Gasteiger partial charge on any atom is -0.476 e. The SMILES string of the molecule is CCOc1ncccc1NC(=O)N[C@H](C)C(=O)NC(C)(C)C. The highest BCUT2D eigenvalue weighted by Gasteiger charge is 2.21. The van der Waals surface area contributed by atoms with Crippen LogP contribution < -0.4 is 20.7 Å². The third kappa shape index (κ3) is 5.99. The van der Waals surface area contributed by atoms with Crippen LogP contribution in [0.4, 0.5) is 10.5 Å². The van der Waals surface area contributed by atoms with Crippen molar-refractivity contribution in [2.24, 2.45) is 0 Å². The van der Waals surface area contributed by atoms with Crippen LogP contribution in [-0.2, 0) is 4.79 Å². The molecule has 7 heteroatoms. The molecule has 3 N–H and O–H groups in total. The summed E-state index contributed by atoms with van der Waals surface area (Å²) in [6.45, 7) is 9.52. The Morgan fingerprint density at radius 1 is 1.36 bits per heavy atom. The maximum atomic E-state index is 12.0. The van der Waals surface area contributed by atoms with Crippen molar-refractivity contribution in [3.63, 3.8) is 0 Å². The Labute approximate surface area is 130 Å². The number of hydrogen-bond acceptors (Lipinski definition) is 4. The summed E-state index contributed by atoms with van der Waals surface area (Å²) in [5.41, 5.74) is 0.0971. The molecule has 3 amide bonds. The molecule has 0 spiro atoms. The van der Waals surface area contributed by atoms with E-state index < -0.39 is 12.1 Å². The summed E-state index contributed by atoms with van der Waals surface area (Å²) in [4.78, 5) is 27.9. The summed E-state index contributed by atoms with van der Waals surface area (Å²) in [6, 6.07) is 2.21. The highest BCUT2D eigenvalue weighted by molar-refractivity contribution is 5.94. The van der Waals surface area contributed by atoms with Gasteiger partial charge in [0, 0.05) is 11.7 Å². The Bertz CT molecular complexity index is 526. The summed E-state index contributed by atoms with van der Waals surface area (Å²) < 4.78 is 5.32. The number of carbonyl (C=O) groups excluding carboxylic acids is 2. The van der Waals surface area contributed by atoms with Gasteiger partial charge in [-0.25, -0.2) is 9.78 Å². The summed E-state index contributed by atoms with van der Waals surface area (Å²) >= 11 is 0. The first-order valence-electron chi connectivity index (χ1n) is 7.20. The Morgan fingerprint density at radius 3 is 2.64 bits per heavy atom. The number of amides is 3. The average molecular weight is 308 g/mol. The molecule has 0 aliphatic rings. The quantitative estimate of drug-likeness (QED) is 0.774. The molecule has 0 fully saturated rings. The molecule has 1 aromatic heterocycles. The maximum Gasteiger partial charge on any atom is 0.320 e. The topological polar surface area (TPSA) is 92.3 Å². The smallest absolute Gasteiger partial charge is 0.320 e. The van der Waals surface area contributed by atoms with Crippen molar-refractivity contribution in [1.82, 2.24) is 15.6 Å². The van der Waals surface area contributed by atoms with Crippen molar-refractivity contribution < 1.29 is 14.3 Å². The largest absolute Gasteiger partial charge is 0.476 e. The van der Waals surface area contributed by atoms with Gasteiger partial charge in [-0.1, -0.05) is 0 Å². The highest BCUT2D eigenvalue weighted by Crippen LogP contribution is 2.20. The lowest BCUT2D eigenvalue weighted by Crippen LogP contribution is -2.51. The molecule has 22 heavy (non-hydrogen) atoms. The van der Waals surface area contributed by atoms with Crippen LogP contribution in [0.5, 0.6) is 5.88 Å². The maximum absolute atomic E-state index is 12.0. The second-order valence-electron chi connectivity index (χ2n) is 5.85. The van der Waals surface area contributed by atoms with Gasteiger partial charge in [0.2, 0.25) is 11.8 Å². The highest BCUT2D eigenvalue weighted by atomic mass is 16.5. The number of nitrogens with zero attached hydrogens (tertiary/aromatic N) is 1. The van der Waals surface area contributed by atoms with Crippen LogP contribution in [0.1, 0.15) is 34.6 Å². The lowest BCUT2D eigenvalue weighted by molar-refractivity contribution is -0.123. The van der Waals surface area contributed by atoms with E-state index in [2.05, 4.69) is 20.9 Å². The normalized spacial score (nSPS) is 12.2. The second kappa shape index (κ2) is 7.63. The number of pyridine rings is 1. The van der Waals surface area contributed by atoms with Gasteiger partial charge in [0.15, 0.2) is 0 Å². The van der Waals surface area contributed by atoms with E-state index in [1.54, 1.807) is 25.3 Å². The lowest BCUT2D eigenvalue weighted by atomic mass is 10.1.